The second kappa shape index (κ2) is 6.50. The van der Waals surface area contributed by atoms with E-state index in [-0.39, 0.29) is 18.8 Å². The van der Waals surface area contributed by atoms with Gasteiger partial charge in [0, 0.05) is 23.7 Å². The lowest BCUT2D eigenvalue weighted by Gasteiger charge is -2.23. The number of nitrogens with zero attached hydrogens (tertiary/aromatic N) is 1. The Balaban J connectivity index is 2.15. The summed E-state index contributed by atoms with van der Waals surface area (Å²) in [7, 11) is 0. The number of aliphatic hydroxyl groups excluding tert-OH is 1. The third-order valence-electron chi connectivity index (χ3n) is 3.14. The number of pyridine rings is 1. The van der Waals surface area contributed by atoms with E-state index < -0.39 is 0 Å². The lowest BCUT2D eigenvalue weighted by Crippen LogP contribution is -2.41. The molecule has 0 amide bonds. The molecular weight excluding hydrogens is 240 g/mol. The molecular formula is C15H20N2O2. The molecule has 3 N–H and O–H groups in total. The molecule has 0 saturated heterocycles. The molecule has 19 heavy (non-hydrogen) atoms. The van der Waals surface area contributed by atoms with Gasteiger partial charge in [-0.25, -0.2) is 0 Å². The fourth-order valence-corrected chi connectivity index (χ4v) is 2.07. The minimum Gasteiger partial charge on any atom is -0.486 e. The number of aliphatic hydroxyl groups is 1. The van der Waals surface area contributed by atoms with Gasteiger partial charge in [0.1, 0.15) is 11.9 Å². The van der Waals surface area contributed by atoms with Crippen LogP contribution < -0.4 is 10.5 Å². The summed E-state index contributed by atoms with van der Waals surface area (Å²) in [5, 5.41) is 10.4. The number of ether oxygens (including phenoxy) is 1. The molecule has 2 rings (SSSR count). The van der Waals surface area contributed by atoms with E-state index in [1.165, 1.54) is 0 Å². The first-order valence-electron chi connectivity index (χ1n) is 6.62. The molecule has 0 aliphatic rings. The van der Waals surface area contributed by atoms with Gasteiger partial charge in [0.25, 0.3) is 0 Å². The van der Waals surface area contributed by atoms with Gasteiger partial charge in [0.2, 0.25) is 0 Å². The first-order chi connectivity index (χ1) is 9.24. The number of nitrogens with two attached hydrogens (primary N) is 1. The summed E-state index contributed by atoms with van der Waals surface area (Å²) >= 11 is 0. The van der Waals surface area contributed by atoms with E-state index in [0.29, 0.717) is 5.75 Å². The maximum atomic E-state index is 9.38. The van der Waals surface area contributed by atoms with Crippen LogP contribution in [0, 0.1) is 0 Å². The van der Waals surface area contributed by atoms with Crippen molar-refractivity contribution >= 4 is 10.9 Å². The molecule has 0 fully saturated rings. The van der Waals surface area contributed by atoms with Crippen molar-refractivity contribution in [2.75, 3.05) is 6.61 Å². The van der Waals surface area contributed by atoms with Crippen LogP contribution >= 0.6 is 0 Å². The summed E-state index contributed by atoms with van der Waals surface area (Å²) in [4.78, 5) is 4.28. The Bertz CT molecular complexity index is 530. The van der Waals surface area contributed by atoms with Crippen molar-refractivity contribution in [3.8, 4) is 5.75 Å². The van der Waals surface area contributed by atoms with Crippen LogP contribution in [0.4, 0.5) is 0 Å². The quantitative estimate of drug-likeness (QED) is 0.834. The number of aromatic nitrogens is 1. The topological polar surface area (TPSA) is 68.4 Å². The van der Waals surface area contributed by atoms with Gasteiger partial charge in [-0.2, -0.15) is 0 Å². The van der Waals surface area contributed by atoms with Crippen LogP contribution in [0.2, 0.25) is 0 Å². The molecule has 0 aliphatic heterocycles. The third-order valence-corrected chi connectivity index (χ3v) is 3.14. The number of hydrogen-bond donors (Lipinski definition) is 2. The second-order valence-corrected chi connectivity index (χ2v) is 4.65. The lowest BCUT2D eigenvalue weighted by molar-refractivity contribution is 0.0918. The normalized spacial score (nSPS) is 14.3. The number of rotatable bonds is 6. The highest BCUT2D eigenvalue weighted by Gasteiger charge is 2.18. The first kappa shape index (κ1) is 13.8. The van der Waals surface area contributed by atoms with E-state index in [1.54, 1.807) is 6.20 Å². The Morgan fingerprint density at radius 3 is 2.95 bits per heavy atom. The lowest BCUT2D eigenvalue weighted by atomic mass is 10.1. The standard InChI is InChI=1S/C15H20N2O2/c1-2-4-13(16)15(10-18)19-12-7-6-11-5-3-8-17-14(11)9-12/h3,5-9,13,15,18H,2,4,10,16H2,1H3. The zero-order chi connectivity index (χ0) is 13.7. The molecule has 1 aromatic heterocycles. The summed E-state index contributed by atoms with van der Waals surface area (Å²) in [5.74, 6) is 0.691. The monoisotopic (exact) mass is 260 g/mol. The maximum absolute atomic E-state index is 9.38. The third kappa shape index (κ3) is 3.43. The number of benzene rings is 1. The molecule has 0 aliphatic carbocycles. The van der Waals surface area contributed by atoms with Gasteiger partial charge >= 0.3 is 0 Å². The van der Waals surface area contributed by atoms with Crippen molar-refractivity contribution < 1.29 is 9.84 Å². The minimum atomic E-state index is -0.374. The Morgan fingerprint density at radius 1 is 1.37 bits per heavy atom. The Morgan fingerprint density at radius 2 is 2.21 bits per heavy atom. The molecule has 1 aromatic carbocycles. The molecule has 2 aromatic rings. The highest BCUT2D eigenvalue weighted by molar-refractivity contribution is 5.79. The smallest absolute Gasteiger partial charge is 0.137 e. The maximum Gasteiger partial charge on any atom is 0.137 e. The summed E-state index contributed by atoms with van der Waals surface area (Å²) in [6, 6.07) is 9.45. The van der Waals surface area contributed by atoms with Crippen LogP contribution in [-0.4, -0.2) is 28.8 Å². The number of fused-ring (bicyclic) bond motifs is 1. The van der Waals surface area contributed by atoms with Gasteiger partial charge < -0.3 is 15.6 Å². The van der Waals surface area contributed by atoms with E-state index in [4.69, 9.17) is 10.5 Å². The highest BCUT2D eigenvalue weighted by atomic mass is 16.5. The first-order valence-corrected chi connectivity index (χ1v) is 6.62. The zero-order valence-corrected chi connectivity index (χ0v) is 11.1. The predicted molar refractivity (Wildman–Crippen MR) is 76.1 cm³/mol. The molecule has 4 nitrogen and oxygen atoms in total. The largest absolute Gasteiger partial charge is 0.486 e. The molecule has 0 bridgehead atoms. The average molecular weight is 260 g/mol. The van der Waals surface area contributed by atoms with Gasteiger partial charge in [-0.15, -0.1) is 0 Å². The second-order valence-electron chi connectivity index (χ2n) is 4.65. The summed E-state index contributed by atoms with van der Waals surface area (Å²) in [5.41, 5.74) is 6.87. The van der Waals surface area contributed by atoms with Crippen LogP contribution in [0.5, 0.6) is 5.75 Å². The van der Waals surface area contributed by atoms with Gasteiger partial charge in [-0.05, 0) is 24.6 Å². The van der Waals surface area contributed by atoms with Crippen LogP contribution in [0.1, 0.15) is 19.8 Å². The van der Waals surface area contributed by atoms with Crippen molar-refractivity contribution in [2.45, 2.75) is 31.9 Å². The van der Waals surface area contributed by atoms with Crippen molar-refractivity contribution in [1.29, 1.82) is 0 Å². The van der Waals surface area contributed by atoms with Crippen LogP contribution in [0.15, 0.2) is 36.5 Å². The SMILES string of the molecule is CCCC(N)C(CO)Oc1ccc2cccnc2c1. The molecule has 4 heteroatoms. The van der Waals surface area contributed by atoms with Crippen LogP contribution in [0.3, 0.4) is 0 Å². The van der Waals surface area contributed by atoms with E-state index in [0.717, 1.165) is 23.7 Å². The Labute approximate surface area is 113 Å². The number of hydrogen-bond acceptors (Lipinski definition) is 4. The van der Waals surface area contributed by atoms with Gasteiger partial charge in [0.05, 0.1) is 12.1 Å². The molecule has 1 heterocycles. The summed E-state index contributed by atoms with van der Waals surface area (Å²) < 4.78 is 5.77. The molecule has 0 spiro atoms. The van der Waals surface area contributed by atoms with Crippen molar-refractivity contribution in [2.24, 2.45) is 5.73 Å². The van der Waals surface area contributed by atoms with Crippen LogP contribution in [-0.2, 0) is 0 Å². The van der Waals surface area contributed by atoms with Crippen molar-refractivity contribution in [3.63, 3.8) is 0 Å². The van der Waals surface area contributed by atoms with E-state index in [2.05, 4.69) is 11.9 Å². The molecule has 2 unspecified atom stereocenters. The summed E-state index contributed by atoms with van der Waals surface area (Å²) in [6.07, 6.45) is 3.18. The molecule has 102 valence electrons. The molecule has 0 radical (unpaired) electrons. The zero-order valence-electron chi connectivity index (χ0n) is 11.1. The van der Waals surface area contributed by atoms with Gasteiger partial charge in [-0.1, -0.05) is 19.4 Å². The predicted octanol–water partition coefficient (Wildman–Crippen LogP) is 2.10. The van der Waals surface area contributed by atoms with Gasteiger partial charge in [-0.3, -0.25) is 4.98 Å². The fourth-order valence-electron chi connectivity index (χ4n) is 2.07. The molecule has 2 atom stereocenters. The summed E-state index contributed by atoms with van der Waals surface area (Å²) in [6.45, 7) is 1.98. The van der Waals surface area contributed by atoms with Crippen molar-refractivity contribution in [3.05, 3.63) is 36.5 Å². The van der Waals surface area contributed by atoms with Gasteiger partial charge in [0.15, 0.2) is 0 Å². The minimum absolute atomic E-state index is 0.0819. The van der Waals surface area contributed by atoms with E-state index >= 15 is 0 Å². The van der Waals surface area contributed by atoms with E-state index in [1.807, 2.05) is 30.3 Å². The average Bonchev–Trinajstić information content (AvgIpc) is 2.44. The Kier molecular flexibility index (Phi) is 4.71. The van der Waals surface area contributed by atoms with Crippen LogP contribution in [0.25, 0.3) is 10.9 Å². The van der Waals surface area contributed by atoms with E-state index in [9.17, 15) is 5.11 Å². The highest BCUT2D eigenvalue weighted by Crippen LogP contribution is 2.20. The van der Waals surface area contributed by atoms with Crippen molar-refractivity contribution in [1.82, 2.24) is 4.98 Å². The molecule has 0 saturated carbocycles. The Hall–Kier alpha value is -1.65. The fraction of sp³-hybridized carbons (Fsp3) is 0.400.